The summed E-state index contributed by atoms with van der Waals surface area (Å²) < 4.78 is 23.7. The summed E-state index contributed by atoms with van der Waals surface area (Å²) in [5.74, 6) is -0.0203. The molecule has 0 bridgehead atoms. The largest absolute Gasteiger partial charge is 0.395 e. The lowest BCUT2D eigenvalue weighted by molar-refractivity contribution is 0.319. The van der Waals surface area contributed by atoms with E-state index in [1.165, 1.54) is 0 Å². The quantitative estimate of drug-likeness (QED) is 0.865. The van der Waals surface area contributed by atoms with Gasteiger partial charge >= 0.3 is 0 Å². The van der Waals surface area contributed by atoms with Crippen LogP contribution < -0.4 is 0 Å². The molecular weight excluding hydrogens is 226 g/mol. The minimum absolute atomic E-state index is 0.229. The number of nitrogens with zero attached hydrogens (tertiary/aromatic N) is 1. The molecule has 0 aromatic carbocycles. The zero-order valence-corrected chi connectivity index (χ0v) is 10.6. The number of aromatic nitrogens is 1. The molecule has 0 atom stereocenters. The molecule has 16 heavy (non-hydrogen) atoms. The highest BCUT2D eigenvalue weighted by Gasteiger charge is 2.18. The summed E-state index contributed by atoms with van der Waals surface area (Å²) in [5, 5.41) is 8.73. The summed E-state index contributed by atoms with van der Waals surface area (Å²) in [4.78, 5) is 4.32. The van der Waals surface area contributed by atoms with Crippen molar-refractivity contribution in [1.29, 1.82) is 0 Å². The van der Waals surface area contributed by atoms with Crippen molar-refractivity contribution in [2.24, 2.45) is 0 Å². The molecule has 1 N–H and O–H groups in total. The van der Waals surface area contributed by atoms with Crippen LogP contribution in [0.1, 0.15) is 31.0 Å². The van der Waals surface area contributed by atoms with Crippen molar-refractivity contribution in [2.75, 3.05) is 12.4 Å². The first-order valence-corrected chi connectivity index (χ1v) is 6.84. The van der Waals surface area contributed by atoms with E-state index in [9.17, 15) is 8.42 Å². The van der Waals surface area contributed by atoms with Crippen LogP contribution in [0, 0.1) is 6.92 Å². The van der Waals surface area contributed by atoms with Crippen molar-refractivity contribution >= 4 is 9.84 Å². The lowest BCUT2D eigenvalue weighted by atomic mass is 10.1. The van der Waals surface area contributed by atoms with Gasteiger partial charge in [0.1, 0.15) is 0 Å². The minimum Gasteiger partial charge on any atom is -0.395 e. The molecule has 0 spiro atoms. The Bertz CT molecular complexity index is 466. The van der Waals surface area contributed by atoms with Gasteiger partial charge in [0.05, 0.1) is 22.9 Å². The van der Waals surface area contributed by atoms with Crippen LogP contribution in [0.15, 0.2) is 17.2 Å². The fourth-order valence-electron chi connectivity index (χ4n) is 1.39. The molecule has 0 fully saturated rings. The molecule has 0 aliphatic carbocycles. The molecule has 5 heteroatoms. The zero-order valence-electron chi connectivity index (χ0n) is 9.77. The number of aliphatic hydroxyl groups is 1. The maximum absolute atomic E-state index is 11.8. The van der Waals surface area contributed by atoms with E-state index in [2.05, 4.69) is 4.98 Å². The molecule has 1 aromatic heterocycles. The number of rotatable bonds is 4. The Hall–Kier alpha value is -0.940. The van der Waals surface area contributed by atoms with Crippen LogP contribution in [0.5, 0.6) is 0 Å². The van der Waals surface area contributed by atoms with Gasteiger partial charge in [-0.05, 0) is 24.5 Å². The van der Waals surface area contributed by atoms with E-state index in [4.69, 9.17) is 5.11 Å². The van der Waals surface area contributed by atoms with Crippen LogP contribution in [0.25, 0.3) is 0 Å². The third kappa shape index (κ3) is 2.80. The average Bonchev–Trinajstić information content (AvgIpc) is 2.17. The summed E-state index contributed by atoms with van der Waals surface area (Å²) in [6, 6.07) is 1.65. The van der Waals surface area contributed by atoms with Gasteiger partial charge < -0.3 is 5.11 Å². The van der Waals surface area contributed by atoms with E-state index in [0.29, 0.717) is 5.69 Å². The second-order valence-corrected chi connectivity index (χ2v) is 6.13. The summed E-state index contributed by atoms with van der Waals surface area (Å²) in [6.07, 6.45) is 1.69. The zero-order chi connectivity index (χ0) is 12.3. The summed E-state index contributed by atoms with van der Waals surface area (Å²) in [6.45, 7) is 5.26. The van der Waals surface area contributed by atoms with Gasteiger partial charge in [-0.25, -0.2) is 8.42 Å². The van der Waals surface area contributed by atoms with Gasteiger partial charge in [0.25, 0.3) is 0 Å². The van der Waals surface area contributed by atoms with Crippen LogP contribution >= 0.6 is 0 Å². The third-order valence-corrected chi connectivity index (χ3v) is 4.23. The second-order valence-electron chi connectivity index (χ2n) is 4.05. The van der Waals surface area contributed by atoms with Crippen molar-refractivity contribution in [3.05, 3.63) is 23.5 Å². The van der Waals surface area contributed by atoms with Crippen LogP contribution in [0.2, 0.25) is 0 Å². The topological polar surface area (TPSA) is 67.3 Å². The molecule has 0 saturated heterocycles. The van der Waals surface area contributed by atoms with Crippen LogP contribution in [0.3, 0.4) is 0 Å². The molecule has 0 unspecified atom stereocenters. The van der Waals surface area contributed by atoms with E-state index >= 15 is 0 Å². The molecule has 1 rings (SSSR count). The molecule has 1 aromatic rings. The van der Waals surface area contributed by atoms with Crippen molar-refractivity contribution in [3.63, 3.8) is 0 Å². The fourth-order valence-corrected chi connectivity index (χ4v) is 2.67. The Labute approximate surface area is 96.3 Å². The first-order valence-electron chi connectivity index (χ1n) is 5.18. The number of aliphatic hydroxyl groups excluding tert-OH is 1. The first kappa shape index (κ1) is 13.1. The number of hydrogen-bond acceptors (Lipinski definition) is 4. The Balaban J connectivity index is 3.27. The minimum atomic E-state index is -3.41. The average molecular weight is 243 g/mol. The van der Waals surface area contributed by atoms with Crippen molar-refractivity contribution < 1.29 is 13.5 Å². The molecule has 0 aliphatic rings. The normalized spacial score (nSPS) is 12.1. The van der Waals surface area contributed by atoms with Crippen LogP contribution in [-0.2, 0) is 9.84 Å². The predicted octanol–water partition coefficient (Wildman–Crippen LogP) is 1.28. The highest BCUT2D eigenvalue weighted by Crippen LogP contribution is 2.20. The Morgan fingerprint density at radius 3 is 2.56 bits per heavy atom. The molecule has 0 radical (unpaired) electrons. The lowest BCUT2D eigenvalue weighted by Crippen LogP contribution is -2.13. The molecule has 90 valence electrons. The molecule has 0 saturated carbocycles. The van der Waals surface area contributed by atoms with Gasteiger partial charge in [0.15, 0.2) is 9.84 Å². The van der Waals surface area contributed by atoms with E-state index < -0.39 is 9.84 Å². The molecular formula is C11H17NO3S. The maximum Gasteiger partial charge on any atom is 0.182 e. The van der Waals surface area contributed by atoms with Gasteiger partial charge in [0, 0.05) is 6.20 Å². The Morgan fingerprint density at radius 1 is 1.44 bits per heavy atom. The van der Waals surface area contributed by atoms with E-state index in [0.717, 1.165) is 5.56 Å². The first-order chi connectivity index (χ1) is 7.38. The Kier molecular flexibility index (Phi) is 4.04. The maximum atomic E-state index is 11.8. The van der Waals surface area contributed by atoms with Gasteiger partial charge in [0.2, 0.25) is 0 Å². The van der Waals surface area contributed by atoms with Crippen molar-refractivity contribution in [2.45, 2.75) is 31.6 Å². The smallest absolute Gasteiger partial charge is 0.182 e. The Morgan fingerprint density at radius 2 is 2.06 bits per heavy atom. The number of sulfone groups is 1. The SMILES string of the molecule is Cc1ncc(C(C)C)cc1S(=O)(=O)CCO. The van der Waals surface area contributed by atoms with Gasteiger partial charge in [-0.1, -0.05) is 13.8 Å². The van der Waals surface area contributed by atoms with Crippen LogP contribution in [-0.4, -0.2) is 30.9 Å². The van der Waals surface area contributed by atoms with E-state index in [1.54, 1.807) is 19.2 Å². The highest BCUT2D eigenvalue weighted by molar-refractivity contribution is 7.91. The van der Waals surface area contributed by atoms with E-state index in [1.807, 2.05) is 13.8 Å². The predicted molar refractivity (Wildman–Crippen MR) is 62.2 cm³/mol. The lowest BCUT2D eigenvalue weighted by Gasteiger charge is -2.10. The van der Waals surface area contributed by atoms with Crippen LogP contribution in [0.4, 0.5) is 0 Å². The molecule has 0 aliphatic heterocycles. The van der Waals surface area contributed by atoms with Gasteiger partial charge in [-0.3, -0.25) is 4.98 Å². The summed E-state index contributed by atoms with van der Waals surface area (Å²) in [7, 11) is -3.41. The highest BCUT2D eigenvalue weighted by atomic mass is 32.2. The summed E-state index contributed by atoms with van der Waals surface area (Å²) in [5.41, 5.74) is 1.37. The number of pyridine rings is 1. The molecule has 1 heterocycles. The standard InChI is InChI=1S/C11H17NO3S/c1-8(2)10-6-11(9(3)12-7-10)16(14,15)5-4-13/h6-8,13H,4-5H2,1-3H3. The molecule has 0 amide bonds. The second kappa shape index (κ2) is 4.93. The third-order valence-electron chi connectivity index (χ3n) is 2.42. The van der Waals surface area contributed by atoms with E-state index in [-0.39, 0.29) is 23.2 Å². The fraction of sp³-hybridized carbons (Fsp3) is 0.545. The summed E-state index contributed by atoms with van der Waals surface area (Å²) >= 11 is 0. The van der Waals surface area contributed by atoms with Gasteiger partial charge in [-0.2, -0.15) is 0 Å². The van der Waals surface area contributed by atoms with Crippen molar-refractivity contribution in [1.82, 2.24) is 4.98 Å². The number of hydrogen-bond donors (Lipinski definition) is 1. The monoisotopic (exact) mass is 243 g/mol. The number of aryl methyl sites for hydroxylation is 1. The molecule has 4 nitrogen and oxygen atoms in total. The van der Waals surface area contributed by atoms with Gasteiger partial charge in [-0.15, -0.1) is 0 Å². The van der Waals surface area contributed by atoms with Crippen molar-refractivity contribution in [3.8, 4) is 0 Å².